The molecule has 2 bridgehead atoms. The third kappa shape index (κ3) is 2.50. The molecular weight excluding hydrogens is 334 g/mol. The third-order valence-corrected chi connectivity index (χ3v) is 6.37. The van der Waals surface area contributed by atoms with Crippen LogP contribution >= 0.6 is 11.6 Å². The Hall–Kier alpha value is -1.60. The number of fused-ring (bicyclic) bond motifs is 2. The van der Waals surface area contributed by atoms with Gasteiger partial charge in [0, 0.05) is 0 Å². The molecule has 1 aromatic heterocycles. The molecule has 8 heteroatoms. The van der Waals surface area contributed by atoms with Gasteiger partial charge in [-0.15, -0.1) is 0 Å². The van der Waals surface area contributed by atoms with E-state index >= 15 is 0 Å². The molecule has 7 nitrogen and oxygen atoms in total. The molecule has 3 aliphatic carbocycles. The number of halogens is 1. The van der Waals surface area contributed by atoms with Gasteiger partial charge < -0.3 is 15.5 Å². The molecule has 0 aliphatic heterocycles. The summed E-state index contributed by atoms with van der Waals surface area (Å²) in [5, 5.41) is 26.6. The summed E-state index contributed by atoms with van der Waals surface area (Å²) in [7, 11) is 0. The van der Waals surface area contributed by atoms with Gasteiger partial charge in [0.25, 0.3) is 5.56 Å². The van der Waals surface area contributed by atoms with E-state index in [-0.39, 0.29) is 22.4 Å². The summed E-state index contributed by atoms with van der Waals surface area (Å²) < 4.78 is 0.801. The maximum atomic E-state index is 12.1. The van der Waals surface area contributed by atoms with Gasteiger partial charge in [0.1, 0.15) is 11.6 Å². The Kier molecular flexibility index (Phi) is 3.92. The maximum absolute atomic E-state index is 12.1. The van der Waals surface area contributed by atoms with Gasteiger partial charge in [0.05, 0.1) is 23.5 Å². The van der Waals surface area contributed by atoms with Crippen LogP contribution in [0, 0.1) is 17.3 Å². The molecule has 0 aromatic carbocycles. The Morgan fingerprint density at radius 1 is 1.46 bits per heavy atom. The quantitative estimate of drug-likeness (QED) is 0.757. The molecule has 1 aromatic rings. The van der Waals surface area contributed by atoms with Crippen LogP contribution in [-0.2, 0) is 11.3 Å². The average molecular weight is 356 g/mol. The molecule has 0 saturated heterocycles. The molecule has 4 rings (SSSR count). The van der Waals surface area contributed by atoms with E-state index in [1.54, 1.807) is 0 Å². The van der Waals surface area contributed by atoms with Crippen LogP contribution in [0.4, 0.5) is 5.69 Å². The molecule has 1 heterocycles. The largest absolute Gasteiger partial charge is 0.480 e. The molecule has 3 saturated carbocycles. The Morgan fingerprint density at radius 2 is 2.12 bits per heavy atom. The molecule has 3 N–H and O–H groups in total. The zero-order valence-electron chi connectivity index (χ0n) is 13.9. The lowest BCUT2D eigenvalue weighted by Gasteiger charge is -2.65. The summed E-state index contributed by atoms with van der Waals surface area (Å²) in [4.78, 5) is 22.8. The van der Waals surface area contributed by atoms with Crippen LogP contribution in [0.25, 0.3) is 0 Å². The van der Waals surface area contributed by atoms with E-state index in [1.807, 2.05) is 6.92 Å². The van der Waals surface area contributed by atoms with E-state index in [0.717, 1.165) is 17.5 Å². The van der Waals surface area contributed by atoms with Gasteiger partial charge in [-0.2, -0.15) is 5.10 Å². The number of aromatic nitrogens is 2. The van der Waals surface area contributed by atoms with Crippen molar-refractivity contribution < 1.29 is 15.0 Å². The fraction of sp³-hybridized carbons (Fsp3) is 0.688. The van der Waals surface area contributed by atoms with Crippen molar-refractivity contribution >= 4 is 23.3 Å². The second-order valence-corrected chi connectivity index (χ2v) is 8.07. The molecule has 3 aliphatic rings. The van der Waals surface area contributed by atoms with Crippen LogP contribution in [0.5, 0.6) is 0 Å². The topological polar surface area (TPSA) is 104 Å². The number of hydrogen-bond acceptors (Lipinski definition) is 5. The van der Waals surface area contributed by atoms with Crippen molar-refractivity contribution in [1.82, 2.24) is 9.78 Å². The summed E-state index contributed by atoms with van der Waals surface area (Å²) in [6.07, 6.45) is 3.13. The van der Waals surface area contributed by atoms with Crippen molar-refractivity contribution in [1.29, 1.82) is 0 Å². The molecule has 0 spiro atoms. The summed E-state index contributed by atoms with van der Waals surface area (Å²) in [5.74, 6) is -0.474. The predicted molar refractivity (Wildman–Crippen MR) is 89.2 cm³/mol. The van der Waals surface area contributed by atoms with Gasteiger partial charge in [-0.05, 0) is 37.0 Å². The molecule has 0 unspecified atom stereocenters. The van der Waals surface area contributed by atoms with Gasteiger partial charge >= 0.3 is 5.97 Å². The van der Waals surface area contributed by atoms with Crippen LogP contribution in [0.2, 0.25) is 5.02 Å². The minimum atomic E-state index is -1.17. The standard InChI is InChI=1S/C16H22ClN3O4/c1-15(2)8-4-10(15)16(3,24)11(5-8)19-9-6-18-20(7-12(21)22)14(23)13(9)17/h6,8,10-11,19,24H,4-5,7H2,1-3H3,(H,21,22)/t8-,10-,11-,16+/m1/s1. The van der Waals surface area contributed by atoms with Gasteiger partial charge in [0.2, 0.25) is 0 Å². The number of carboxylic acids is 1. The average Bonchev–Trinajstić information content (AvgIpc) is 2.47. The highest BCUT2D eigenvalue weighted by molar-refractivity contribution is 6.32. The summed E-state index contributed by atoms with van der Waals surface area (Å²) in [6.45, 7) is 5.63. The number of nitrogens with one attached hydrogen (secondary N) is 1. The van der Waals surface area contributed by atoms with Crippen molar-refractivity contribution in [3.05, 3.63) is 21.6 Å². The summed E-state index contributed by atoms with van der Waals surface area (Å²) in [5.41, 5.74) is -1.15. The third-order valence-electron chi connectivity index (χ3n) is 6.00. The first-order valence-electron chi connectivity index (χ1n) is 8.01. The van der Waals surface area contributed by atoms with Gasteiger partial charge in [-0.1, -0.05) is 25.4 Å². The van der Waals surface area contributed by atoms with E-state index in [1.165, 1.54) is 6.20 Å². The number of carbonyl (C=O) groups is 1. The second-order valence-electron chi connectivity index (χ2n) is 7.69. The lowest BCUT2D eigenvalue weighted by molar-refractivity contribution is -0.199. The first kappa shape index (κ1) is 17.2. The van der Waals surface area contributed by atoms with E-state index in [0.29, 0.717) is 11.6 Å². The molecular formula is C16H22ClN3O4. The predicted octanol–water partition coefficient (Wildman–Crippen LogP) is 1.58. The number of anilines is 1. The zero-order valence-corrected chi connectivity index (χ0v) is 14.7. The normalized spacial score (nSPS) is 33.6. The molecule has 24 heavy (non-hydrogen) atoms. The zero-order chi connectivity index (χ0) is 17.9. The number of hydrogen-bond donors (Lipinski definition) is 3. The minimum Gasteiger partial charge on any atom is -0.480 e. The van der Waals surface area contributed by atoms with Gasteiger partial charge in [-0.25, -0.2) is 4.68 Å². The number of rotatable bonds is 4. The van der Waals surface area contributed by atoms with Crippen LogP contribution < -0.4 is 10.9 Å². The van der Waals surface area contributed by atoms with E-state index in [2.05, 4.69) is 24.3 Å². The Labute approximate surface area is 144 Å². The van der Waals surface area contributed by atoms with E-state index < -0.39 is 23.7 Å². The van der Waals surface area contributed by atoms with Crippen molar-refractivity contribution in [2.75, 3.05) is 5.32 Å². The maximum Gasteiger partial charge on any atom is 0.325 e. The van der Waals surface area contributed by atoms with Crippen molar-refractivity contribution in [2.45, 2.75) is 51.8 Å². The Bertz CT molecular complexity index is 743. The Balaban J connectivity index is 1.84. The number of aliphatic carboxylic acids is 1. The molecule has 4 atom stereocenters. The summed E-state index contributed by atoms with van der Waals surface area (Å²) in [6, 6.07) is -0.233. The van der Waals surface area contributed by atoms with E-state index in [9.17, 15) is 14.7 Å². The number of nitrogens with zero attached hydrogens (tertiary/aromatic N) is 2. The fourth-order valence-corrected chi connectivity index (χ4v) is 4.57. The first-order valence-corrected chi connectivity index (χ1v) is 8.39. The van der Waals surface area contributed by atoms with Gasteiger partial charge in [0.15, 0.2) is 0 Å². The monoisotopic (exact) mass is 355 g/mol. The highest BCUT2D eigenvalue weighted by Gasteiger charge is 2.62. The van der Waals surface area contributed by atoms with Crippen LogP contribution in [0.1, 0.15) is 33.6 Å². The van der Waals surface area contributed by atoms with Crippen LogP contribution in [-0.4, -0.2) is 37.6 Å². The van der Waals surface area contributed by atoms with Crippen molar-refractivity contribution in [2.24, 2.45) is 17.3 Å². The highest BCUT2D eigenvalue weighted by atomic mass is 35.5. The molecule has 132 valence electrons. The number of aliphatic hydroxyl groups is 1. The molecule has 3 fully saturated rings. The van der Waals surface area contributed by atoms with Gasteiger partial charge in [-0.3, -0.25) is 9.59 Å². The molecule has 0 amide bonds. The van der Waals surface area contributed by atoms with Crippen molar-refractivity contribution in [3.8, 4) is 0 Å². The first-order chi connectivity index (χ1) is 11.0. The fourth-order valence-electron chi connectivity index (χ4n) is 4.37. The smallest absolute Gasteiger partial charge is 0.325 e. The lowest BCUT2D eigenvalue weighted by Crippen LogP contribution is -2.68. The highest BCUT2D eigenvalue weighted by Crippen LogP contribution is 2.62. The lowest BCUT2D eigenvalue weighted by atomic mass is 9.43. The van der Waals surface area contributed by atoms with E-state index in [4.69, 9.17) is 16.7 Å². The Morgan fingerprint density at radius 3 is 2.67 bits per heavy atom. The molecule has 0 radical (unpaired) electrons. The van der Waals surface area contributed by atoms with Crippen molar-refractivity contribution in [3.63, 3.8) is 0 Å². The number of carboxylic acid groups (broad SMARTS) is 1. The summed E-state index contributed by atoms with van der Waals surface area (Å²) >= 11 is 6.09. The van der Waals surface area contributed by atoms with Crippen LogP contribution in [0.3, 0.4) is 0 Å². The van der Waals surface area contributed by atoms with Crippen LogP contribution in [0.15, 0.2) is 11.0 Å². The SMILES string of the molecule is CC1(C)[C@@H]2C[C@H]1[C@](C)(O)[C@H](Nc1cnn(CC(=O)O)c(=O)c1Cl)C2. The second kappa shape index (κ2) is 5.46. The minimum absolute atomic E-state index is 0.106.